The van der Waals surface area contributed by atoms with E-state index in [0.29, 0.717) is 18.1 Å². The lowest BCUT2D eigenvalue weighted by Gasteiger charge is -2.17. The number of hydrogen-bond acceptors (Lipinski definition) is 4. The second-order valence-electron chi connectivity index (χ2n) is 5.03. The van der Waals surface area contributed by atoms with Crippen molar-refractivity contribution >= 4 is 17.3 Å². The van der Waals surface area contributed by atoms with Crippen LogP contribution in [-0.4, -0.2) is 32.1 Å². The molecular weight excluding hydrogens is 284 g/mol. The van der Waals surface area contributed by atoms with Gasteiger partial charge in [0.05, 0.1) is 0 Å². The van der Waals surface area contributed by atoms with Crippen LogP contribution in [0.25, 0.3) is 0 Å². The lowest BCUT2D eigenvalue weighted by atomic mass is 10.1. The molecule has 2 rings (SSSR count). The zero-order valence-electron chi connectivity index (χ0n) is 12.0. The third kappa shape index (κ3) is 3.37. The van der Waals surface area contributed by atoms with E-state index < -0.39 is 0 Å². The molecule has 0 radical (unpaired) electrons. The molecule has 1 aliphatic rings. The fourth-order valence-electron chi connectivity index (χ4n) is 2.33. The first kappa shape index (κ1) is 15.0. The first-order chi connectivity index (χ1) is 10.0. The molecule has 0 atom stereocenters. The smallest absolute Gasteiger partial charge is 0.135 e. The summed E-state index contributed by atoms with van der Waals surface area (Å²) in [6, 6.07) is 11.5. The van der Waals surface area contributed by atoms with Crippen molar-refractivity contribution in [3.63, 3.8) is 0 Å². The largest absolute Gasteiger partial charge is 0.383 e. The highest BCUT2D eigenvalue weighted by atomic mass is 35.5. The molecule has 0 amide bonds. The van der Waals surface area contributed by atoms with Gasteiger partial charge in [0.15, 0.2) is 0 Å². The number of benzene rings is 1. The van der Waals surface area contributed by atoms with Crippen molar-refractivity contribution in [3.8, 4) is 12.1 Å². The molecule has 5 heteroatoms. The Balaban J connectivity index is 2.43. The first-order valence-corrected chi connectivity index (χ1v) is 6.84. The van der Waals surface area contributed by atoms with Gasteiger partial charge in [-0.15, -0.1) is 0 Å². The Bertz CT molecular complexity index is 673. The number of anilines is 1. The predicted molar refractivity (Wildman–Crippen MR) is 83.7 cm³/mol. The van der Waals surface area contributed by atoms with E-state index in [0.717, 1.165) is 16.8 Å². The van der Waals surface area contributed by atoms with Crippen molar-refractivity contribution in [1.82, 2.24) is 4.90 Å². The van der Waals surface area contributed by atoms with E-state index in [4.69, 9.17) is 22.1 Å². The summed E-state index contributed by atoms with van der Waals surface area (Å²) in [6.45, 7) is 1.19. The summed E-state index contributed by atoms with van der Waals surface area (Å²) in [6.07, 6.45) is 1.95. The quantitative estimate of drug-likeness (QED) is 0.788. The maximum atomic E-state index is 9.13. The van der Waals surface area contributed by atoms with Crippen LogP contribution in [-0.2, 0) is 0 Å². The molecule has 0 N–H and O–H groups in total. The molecule has 106 valence electrons. The maximum Gasteiger partial charge on any atom is 0.135 e. The standard InChI is InChI=1S/C16H15ClN4/c1-20(2)9-13-10-21(11-16(13)12(7-18)8-19)15-5-3-4-14(17)6-15/h3-6,9H,10-11H2,1-2H3/b13-9-. The van der Waals surface area contributed by atoms with Crippen molar-refractivity contribution in [2.45, 2.75) is 0 Å². The van der Waals surface area contributed by atoms with Crippen LogP contribution >= 0.6 is 11.6 Å². The van der Waals surface area contributed by atoms with Crippen LogP contribution in [0.2, 0.25) is 5.02 Å². The van der Waals surface area contributed by atoms with Gasteiger partial charge in [0, 0.05) is 49.7 Å². The van der Waals surface area contributed by atoms with Crippen LogP contribution in [0.3, 0.4) is 0 Å². The van der Waals surface area contributed by atoms with Gasteiger partial charge in [0.1, 0.15) is 17.7 Å². The minimum absolute atomic E-state index is 0.174. The molecule has 4 nitrogen and oxygen atoms in total. The Labute approximate surface area is 129 Å². The Morgan fingerprint density at radius 3 is 2.57 bits per heavy atom. The summed E-state index contributed by atoms with van der Waals surface area (Å²) in [5, 5.41) is 18.9. The molecule has 0 spiro atoms. The normalized spacial score (nSPS) is 15.8. The Kier molecular flexibility index (Phi) is 4.52. The van der Waals surface area contributed by atoms with Gasteiger partial charge in [-0.25, -0.2) is 0 Å². The van der Waals surface area contributed by atoms with Crippen molar-refractivity contribution in [2.24, 2.45) is 0 Å². The van der Waals surface area contributed by atoms with E-state index >= 15 is 0 Å². The molecule has 0 unspecified atom stereocenters. The molecule has 1 heterocycles. The monoisotopic (exact) mass is 298 g/mol. The molecular formula is C16H15ClN4. The van der Waals surface area contributed by atoms with Crippen LogP contribution < -0.4 is 4.90 Å². The Hall–Kier alpha value is -2.43. The van der Waals surface area contributed by atoms with Crippen molar-refractivity contribution in [2.75, 3.05) is 32.1 Å². The number of allylic oxidation sites excluding steroid dienone is 1. The number of hydrogen-bond donors (Lipinski definition) is 0. The van der Waals surface area contributed by atoms with E-state index in [1.807, 2.05) is 61.6 Å². The van der Waals surface area contributed by atoms with Gasteiger partial charge < -0.3 is 9.80 Å². The van der Waals surface area contributed by atoms with Gasteiger partial charge in [-0.1, -0.05) is 17.7 Å². The van der Waals surface area contributed by atoms with Gasteiger partial charge >= 0.3 is 0 Å². The average molecular weight is 299 g/mol. The van der Waals surface area contributed by atoms with Crippen LogP contribution in [0.1, 0.15) is 0 Å². The molecule has 1 aromatic carbocycles. The Morgan fingerprint density at radius 1 is 1.29 bits per heavy atom. The van der Waals surface area contributed by atoms with Gasteiger partial charge in [-0.3, -0.25) is 0 Å². The lowest BCUT2D eigenvalue weighted by Crippen LogP contribution is -2.18. The molecule has 1 aliphatic heterocycles. The molecule has 1 saturated heterocycles. The predicted octanol–water partition coefficient (Wildman–Crippen LogP) is 2.95. The summed E-state index contributed by atoms with van der Waals surface area (Å²) >= 11 is 6.03. The highest BCUT2D eigenvalue weighted by molar-refractivity contribution is 6.30. The number of rotatable bonds is 2. The lowest BCUT2D eigenvalue weighted by molar-refractivity contribution is 0.559. The van der Waals surface area contributed by atoms with Gasteiger partial charge in [-0.05, 0) is 23.8 Å². The third-order valence-electron chi connectivity index (χ3n) is 3.21. The van der Waals surface area contributed by atoms with Crippen LogP contribution in [0.5, 0.6) is 0 Å². The van der Waals surface area contributed by atoms with E-state index in [1.165, 1.54) is 0 Å². The zero-order valence-corrected chi connectivity index (χ0v) is 12.7. The third-order valence-corrected chi connectivity index (χ3v) is 3.45. The fraction of sp³-hybridized carbons (Fsp3) is 0.250. The molecule has 0 saturated carbocycles. The number of nitriles is 2. The Morgan fingerprint density at radius 2 is 2.00 bits per heavy atom. The first-order valence-electron chi connectivity index (χ1n) is 6.46. The minimum Gasteiger partial charge on any atom is -0.383 e. The van der Waals surface area contributed by atoms with Crippen molar-refractivity contribution in [1.29, 1.82) is 10.5 Å². The zero-order chi connectivity index (χ0) is 15.4. The van der Waals surface area contributed by atoms with E-state index in [1.54, 1.807) is 0 Å². The van der Waals surface area contributed by atoms with Gasteiger partial charge in [0.25, 0.3) is 0 Å². The highest BCUT2D eigenvalue weighted by Crippen LogP contribution is 2.30. The van der Waals surface area contributed by atoms with E-state index in [2.05, 4.69) is 4.90 Å². The molecule has 1 fully saturated rings. The minimum atomic E-state index is 0.174. The second kappa shape index (κ2) is 6.35. The van der Waals surface area contributed by atoms with Gasteiger partial charge in [0.2, 0.25) is 0 Å². The molecule has 1 aromatic rings. The molecule has 0 aromatic heterocycles. The van der Waals surface area contributed by atoms with Crippen molar-refractivity contribution in [3.05, 3.63) is 52.2 Å². The summed E-state index contributed by atoms with van der Waals surface area (Å²) < 4.78 is 0. The summed E-state index contributed by atoms with van der Waals surface area (Å²) in [4.78, 5) is 4.02. The highest BCUT2D eigenvalue weighted by Gasteiger charge is 2.25. The SMILES string of the molecule is CN(C)/C=C1/CN(c2cccc(Cl)c2)CC1=C(C#N)C#N. The van der Waals surface area contributed by atoms with Crippen molar-refractivity contribution < 1.29 is 0 Å². The number of halogens is 1. The van der Waals surface area contributed by atoms with Gasteiger partial charge in [-0.2, -0.15) is 10.5 Å². The fourth-order valence-corrected chi connectivity index (χ4v) is 2.52. The number of nitrogens with zero attached hydrogens (tertiary/aromatic N) is 4. The van der Waals surface area contributed by atoms with Crippen LogP contribution in [0.4, 0.5) is 5.69 Å². The van der Waals surface area contributed by atoms with E-state index in [-0.39, 0.29) is 5.57 Å². The summed E-state index contributed by atoms with van der Waals surface area (Å²) in [7, 11) is 3.84. The van der Waals surface area contributed by atoms with Crippen LogP contribution in [0, 0.1) is 22.7 Å². The summed E-state index contributed by atoms with van der Waals surface area (Å²) in [5.41, 5.74) is 2.93. The maximum absolute atomic E-state index is 9.13. The molecule has 0 bridgehead atoms. The molecule has 0 aliphatic carbocycles. The van der Waals surface area contributed by atoms with Crippen LogP contribution in [0.15, 0.2) is 47.2 Å². The molecule has 21 heavy (non-hydrogen) atoms. The average Bonchev–Trinajstić information content (AvgIpc) is 2.83. The second-order valence-corrected chi connectivity index (χ2v) is 5.47. The topological polar surface area (TPSA) is 54.1 Å². The summed E-state index contributed by atoms with van der Waals surface area (Å²) in [5.74, 6) is 0. The van der Waals surface area contributed by atoms with E-state index in [9.17, 15) is 0 Å².